The predicted molar refractivity (Wildman–Crippen MR) is 94.0 cm³/mol. The van der Waals surface area contributed by atoms with E-state index in [1.165, 1.54) is 15.0 Å². The van der Waals surface area contributed by atoms with Gasteiger partial charge in [0.2, 0.25) is 5.88 Å². The lowest BCUT2D eigenvalue weighted by molar-refractivity contribution is 0.300. The van der Waals surface area contributed by atoms with Crippen molar-refractivity contribution in [3.05, 3.63) is 53.8 Å². The quantitative estimate of drug-likeness (QED) is 0.537. The van der Waals surface area contributed by atoms with Crippen molar-refractivity contribution < 1.29 is 4.74 Å². The molecule has 0 amide bonds. The molecular formula is C18H17N3OS. The first kappa shape index (κ1) is 14.2. The van der Waals surface area contributed by atoms with Gasteiger partial charge in [-0.25, -0.2) is 9.97 Å². The Labute approximate surface area is 138 Å². The molecule has 0 radical (unpaired) electrons. The van der Waals surface area contributed by atoms with E-state index in [4.69, 9.17) is 4.74 Å². The first-order valence-corrected chi connectivity index (χ1v) is 8.57. The third kappa shape index (κ3) is 2.68. The molecule has 4 nitrogen and oxygen atoms in total. The molecule has 5 heteroatoms. The van der Waals surface area contributed by atoms with Gasteiger partial charge in [-0.2, -0.15) is 0 Å². The highest BCUT2D eigenvalue weighted by molar-refractivity contribution is 7.19. The van der Waals surface area contributed by atoms with Crippen LogP contribution in [0.1, 0.15) is 18.2 Å². The van der Waals surface area contributed by atoms with Gasteiger partial charge in [0.05, 0.1) is 11.8 Å². The molecule has 23 heavy (non-hydrogen) atoms. The van der Waals surface area contributed by atoms with Crippen molar-refractivity contribution in [1.29, 1.82) is 0 Å². The Hall–Kier alpha value is -2.40. The first-order valence-electron chi connectivity index (χ1n) is 7.75. The van der Waals surface area contributed by atoms with Gasteiger partial charge in [0.15, 0.2) is 0 Å². The Kier molecular flexibility index (Phi) is 3.71. The molecule has 0 fully saturated rings. The molecule has 0 aliphatic heterocycles. The van der Waals surface area contributed by atoms with Gasteiger partial charge in [-0.1, -0.05) is 25.1 Å². The van der Waals surface area contributed by atoms with Crippen LogP contribution < -0.4 is 4.74 Å². The van der Waals surface area contributed by atoms with E-state index in [2.05, 4.69) is 51.8 Å². The Balaban J connectivity index is 1.63. The standard InChI is InChI=1S/C18H17N3OS/c1-2-9-21-12-20-15-7-8-19-18(17(15)21)22-11-14-10-13-5-3-4-6-16(13)23-14/h3-8,10,12H,2,9,11H2,1H3. The Morgan fingerprint density at radius 3 is 2.96 bits per heavy atom. The summed E-state index contributed by atoms with van der Waals surface area (Å²) in [5, 5.41) is 1.26. The molecule has 0 spiro atoms. The molecular weight excluding hydrogens is 306 g/mol. The summed E-state index contributed by atoms with van der Waals surface area (Å²) < 4.78 is 9.42. The van der Waals surface area contributed by atoms with E-state index < -0.39 is 0 Å². The van der Waals surface area contributed by atoms with Crippen LogP contribution in [0.3, 0.4) is 0 Å². The fraction of sp³-hybridized carbons (Fsp3) is 0.222. The summed E-state index contributed by atoms with van der Waals surface area (Å²) >= 11 is 1.76. The zero-order valence-electron chi connectivity index (χ0n) is 12.9. The number of rotatable bonds is 5. The average Bonchev–Trinajstić information content (AvgIpc) is 3.17. The van der Waals surface area contributed by atoms with E-state index in [0.717, 1.165) is 24.0 Å². The van der Waals surface area contributed by atoms with Gasteiger partial charge in [-0.15, -0.1) is 11.3 Å². The number of hydrogen-bond acceptors (Lipinski definition) is 4. The minimum Gasteiger partial charge on any atom is -0.470 e. The van der Waals surface area contributed by atoms with Gasteiger partial charge < -0.3 is 9.30 Å². The van der Waals surface area contributed by atoms with Crippen molar-refractivity contribution in [3.63, 3.8) is 0 Å². The summed E-state index contributed by atoms with van der Waals surface area (Å²) in [6, 6.07) is 12.5. The highest BCUT2D eigenvalue weighted by Crippen LogP contribution is 2.28. The number of ether oxygens (including phenoxy) is 1. The molecule has 0 aliphatic carbocycles. The highest BCUT2D eigenvalue weighted by Gasteiger charge is 2.11. The van der Waals surface area contributed by atoms with Gasteiger partial charge >= 0.3 is 0 Å². The molecule has 4 aromatic rings. The van der Waals surface area contributed by atoms with Crippen molar-refractivity contribution >= 4 is 32.5 Å². The SMILES string of the molecule is CCCn1cnc2ccnc(OCc3cc4ccccc4s3)c21. The molecule has 116 valence electrons. The highest BCUT2D eigenvalue weighted by atomic mass is 32.1. The number of thiophene rings is 1. The summed E-state index contributed by atoms with van der Waals surface area (Å²) in [5.74, 6) is 0.658. The van der Waals surface area contributed by atoms with Crippen LogP contribution in [0.15, 0.2) is 48.9 Å². The second kappa shape index (κ2) is 6.01. The van der Waals surface area contributed by atoms with Crippen LogP contribution >= 0.6 is 11.3 Å². The van der Waals surface area contributed by atoms with Crippen molar-refractivity contribution in [3.8, 4) is 5.88 Å². The predicted octanol–water partition coefficient (Wildman–Crippen LogP) is 4.64. The van der Waals surface area contributed by atoms with Crippen LogP contribution in [0.2, 0.25) is 0 Å². The summed E-state index contributed by atoms with van der Waals surface area (Å²) in [6.07, 6.45) is 4.67. The Morgan fingerprint density at radius 2 is 2.09 bits per heavy atom. The average molecular weight is 323 g/mol. The second-order valence-electron chi connectivity index (χ2n) is 5.46. The molecule has 0 atom stereocenters. The smallest absolute Gasteiger partial charge is 0.240 e. The number of hydrogen-bond donors (Lipinski definition) is 0. The summed E-state index contributed by atoms with van der Waals surface area (Å²) in [6.45, 7) is 3.60. The van der Waals surface area contributed by atoms with Gasteiger partial charge in [0.25, 0.3) is 0 Å². The minimum absolute atomic E-state index is 0.531. The molecule has 0 saturated heterocycles. The van der Waals surface area contributed by atoms with Gasteiger partial charge in [0.1, 0.15) is 12.1 Å². The number of fused-ring (bicyclic) bond motifs is 2. The lowest BCUT2D eigenvalue weighted by Crippen LogP contribution is -2.00. The molecule has 1 aromatic carbocycles. The van der Waals surface area contributed by atoms with Gasteiger partial charge in [-0.3, -0.25) is 0 Å². The van der Waals surface area contributed by atoms with E-state index >= 15 is 0 Å². The fourth-order valence-electron chi connectivity index (χ4n) is 2.75. The molecule has 4 rings (SSSR count). The number of aryl methyl sites for hydroxylation is 1. The summed E-state index contributed by atoms with van der Waals surface area (Å²) in [7, 11) is 0. The van der Waals surface area contributed by atoms with Crippen LogP contribution in [-0.4, -0.2) is 14.5 Å². The maximum atomic E-state index is 6.02. The molecule has 0 aliphatic rings. The van der Waals surface area contributed by atoms with Gasteiger partial charge in [0, 0.05) is 22.3 Å². The number of imidazole rings is 1. The zero-order valence-corrected chi connectivity index (χ0v) is 13.7. The lowest BCUT2D eigenvalue weighted by atomic mass is 10.2. The third-order valence-corrected chi connectivity index (χ3v) is 4.87. The molecule has 0 saturated carbocycles. The monoisotopic (exact) mass is 323 g/mol. The number of nitrogens with zero attached hydrogens (tertiary/aromatic N) is 3. The lowest BCUT2D eigenvalue weighted by Gasteiger charge is -2.07. The summed E-state index contributed by atoms with van der Waals surface area (Å²) in [4.78, 5) is 10.0. The Morgan fingerprint density at radius 1 is 1.17 bits per heavy atom. The van der Waals surface area contributed by atoms with Crippen LogP contribution in [0, 0.1) is 0 Å². The van der Waals surface area contributed by atoms with Crippen molar-refractivity contribution in [2.45, 2.75) is 26.5 Å². The summed E-state index contributed by atoms with van der Waals surface area (Å²) in [5.41, 5.74) is 1.91. The number of aromatic nitrogens is 3. The Bertz CT molecular complexity index is 924. The molecule has 3 aromatic heterocycles. The number of pyridine rings is 1. The normalized spacial score (nSPS) is 11.3. The molecule has 0 N–H and O–H groups in total. The topological polar surface area (TPSA) is 39.9 Å². The van der Waals surface area contributed by atoms with Crippen LogP contribution in [0.5, 0.6) is 5.88 Å². The van der Waals surface area contributed by atoms with Crippen LogP contribution in [0.4, 0.5) is 0 Å². The first-order chi connectivity index (χ1) is 11.3. The maximum absolute atomic E-state index is 6.02. The molecule has 0 bridgehead atoms. The van der Waals surface area contributed by atoms with Crippen LogP contribution in [0.25, 0.3) is 21.1 Å². The maximum Gasteiger partial charge on any atom is 0.240 e. The fourth-order valence-corrected chi connectivity index (χ4v) is 3.73. The van der Waals surface area contributed by atoms with E-state index in [1.54, 1.807) is 17.5 Å². The van der Waals surface area contributed by atoms with E-state index in [-0.39, 0.29) is 0 Å². The zero-order chi connectivity index (χ0) is 15.6. The second-order valence-corrected chi connectivity index (χ2v) is 6.63. The molecule has 3 heterocycles. The van der Waals surface area contributed by atoms with Crippen molar-refractivity contribution in [2.75, 3.05) is 0 Å². The van der Waals surface area contributed by atoms with E-state index in [0.29, 0.717) is 12.5 Å². The van der Waals surface area contributed by atoms with Crippen LogP contribution in [-0.2, 0) is 13.2 Å². The van der Waals surface area contributed by atoms with Crippen molar-refractivity contribution in [2.24, 2.45) is 0 Å². The third-order valence-electron chi connectivity index (χ3n) is 3.79. The molecule has 0 unspecified atom stereocenters. The van der Waals surface area contributed by atoms with E-state index in [1.807, 2.05) is 12.4 Å². The number of benzene rings is 1. The van der Waals surface area contributed by atoms with Gasteiger partial charge in [-0.05, 0) is 30.0 Å². The minimum atomic E-state index is 0.531. The van der Waals surface area contributed by atoms with Crippen molar-refractivity contribution in [1.82, 2.24) is 14.5 Å². The van der Waals surface area contributed by atoms with E-state index in [9.17, 15) is 0 Å². The largest absolute Gasteiger partial charge is 0.470 e.